The van der Waals surface area contributed by atoms with Gasteiger partial charge < -0.3 is 20.5 Å². The van der Waals surface area contributed by atoms with Gasteiger partial charge in [-0.05, 0) is 24.6 Å². The summed E-state index contributed by atoms with van der Waals surface area (Å²) in [7, 11) is 1.58. The van der Waals surface area contributed by atoms with Crippen molar-refractivity contribution < 1.29 is 18.3 Å². The van der Waals surface area contributed by atoms with E-state index in [0.717, 1.165) is 0 Å². The molecule has 3 N–H and O–H groups in total. The van der Waals surface area contributed by atoms with Crippen molar-refractivity contribution in [2.24, 2.45) is 16.6 Å². The number of nitrogens with zero attached hydrogens (tertiary/aromatic N) is 4. The maximum atomic E-state index is 15.1. The smallest absolute Gasteiger partial charge is 0.160 e. The molecule has 1 aliphatic heterocycles. The third-order valence-corrected chi connectivity index (χ3v) is 7.56. The molecule has 0 spiro atoms. The van der Waals surface area contributed by atoms with Crippen molar-refractivity contribution in [3.05, 3.63) is 48.2 Å². The second kappa shape index (κ2) is 8.94. The predicted molar refractivity (Wildman–Crippen MR) is 131 cm³/mol. The highest BCUT2D eigenvalue weighted by Crippen LogP contribution is 2.66. The number of halogens is 2. The second-order valence-corrected chi connectivity index (χ2v) is 9.87. The number of hydrogen-bond donors (Lipinski definition) is 2. The summed E-state index contributed by atoms with van der Waals surface area (Å²) >= 11 is 1.37. The number of hydrogen-bond acceptors (Lipinski definition) is 9. The average Bonchev–Trinajstić information content (AvgIpc) is 3.57. The fourth-order valence-corrected chi connectivity index (χ4v) is 6.07. The summed E-state index contributed by atoms with van der Waals surface area (Å²) < 4.78 is 40.2. The molecule has 11 heteroatoms. The van der Waals surface area contributed by atoms with Crippen LogP contribution >= 0.6 is 11.8 Å². The minimum atomic E-state index is -1.43. The summed E-state index contributed by atoms with van der Waals surface area (Å²) in [5, 5.41) is 3.37. The van der Waals surface area contributed by atoms with E-state index in [4.69, 9.17) is 21.6 Å². The van der Waals surface area contributed by atoms with E-state index in [9.17, 15) is 4.39 Å². The second-order valence-electron chi connectivity index (χ2n) is 8.44. The molecule has 0 unspecified atom stereocenters. The van der Waals surface area contributed by atoms with E-state index in [2.05, 4.69) is 31.2 Å². The van der Waals surface area contributed by atoms with Gasteiger partial charge in [-0.25, -0.2) is 28.7 Å². The molecule has 3 atom stereocenters. The Morgan fingerprint density at radius 2 is 2.17 bits per heavy atom. The van der Waals surface area contributed by atoms with Crippen molar-refractivity contribution in [3.63, 3.8) is 0 Å². The molecular formula is C24H22F2N6O2S. The van der Waals surface area contributed by atoms with Crippen LogP contribution < -0.4 is 15.8 Å². The molecule has 35 heavy (non-hydrogen) atoms. The summed E-state index contributed by atoms with van der Waals surface area (Å²) in [4.78, 5) is 17.3. The summed E-state index contributed by atoms with van der Waals surface area (Å²) in [6.07, 6.45) is 8.75. The number of benzene rings is 1. The molecule has 2 aromatic heterocycles. The van der Waals surface area contributed by atoms with Crippen LogP contribution in [-0.2, 0) is 10.3 Å². The van der Waals surface area contributed by atoms with Gasteiger partial charge in [0.1, 0.15) is 42.2 Å². The zero-order valence-corrected chi connectivity index (χ0v) is 19.6. The van der Waals surface area contributed by atoms with Crippen LogP contribution in [0.1, 0.15) is 12.0 Å². The van der Waals surface area contributed by atoms with E-state index >= 15 is 4.39 Å². The Bertz CT molecular complexity index is 1370. The largest absolute Gasteiger partial charge is 0.479 e. The number of ether oxygens (including phenoxy) is 2. The highest BCUT2D eigenvalue weighted by atomic mass is 32.2. The quantitative estimate of drug-likeness (QED) is 0.456. The highest BCUT2D eigenvalue weighted by Gasteiger charge is 2.68. The van der Waals surface area contributed by atoms with Gasteiger partial charge in [-0.1, -0.05) is 17.7 Å². The molecule has 0 radical (unpaired) electrons. The van der Waals surface area contributed by atoms with Crippen LogP contribution in [0, 0.1) is 24.1 Å². The van der Waals surface area contributed by atoms with Gasteiger partial charge in [0.25, 0.3) is 0 Å². The van der Waals surface area contributed by atoms with Crippen LogP contribution in [-0.4, -0.2) is 51.9 Å². The molecule has 0 amide bonds. The first-order valence-corrected chi connectivity index (χ1v) is 11.6. The third-order valence-electron chi connectivity index (χ3n) is 6.28. The lowest BCUT2D eigenvalue weighted by atomic mass is 9.84. The molecule has 1 aromatic carbocycles. The van der Waals surface area contributed by atoms with Crippen LogP contribution in [0.4, 0.5) is 20.3 Å². The van der Waals surface area contributed by atoms with Crippen LogP contribution in [0.3, 0.4) is 0 Å². The fourth-order valence-electron chi connectivity index (χ4n) is 4.68. The maximum Gasteiger partial charge on any atom is 0.160 e. The Balaban J connectivity index is 1.51. The van der Waals surface area contributed by atoms with Crippen molar-refractivity contribution in [3.8, 4) is 18.1 Å². The van der Waals surface area contributed by atoms with Gasteiger partial charge in [-0.3, -0.25) is 0 Å². The van der Waals surface area contributed by atoms with Gasteiger partial charge in [0.15, 0.2) is 11.0 Å². The lowest BCUT2D eigenvalue weighted by Gasteiger charge is -2.35. The summed E-state index contributed by atoms with van der Waals surface area (Å²) in [5.74, 6) is 2.46. The van der Waals surface area contributed by atoms with Crippen LogP contribution in [0.2, 0.25) is 0 Å². The Kier molecular flexibility index (Phi) is 5.94. The third kappa shape index (κ3) is 4.02. The SMILES string of the molecule is C#CCOc1cnc2c(Nc3ccc(F)c([C@@]4(CF)N=C(N)S[C@@]5(COC)C[C@H]54)c3)ncnc2c1. The van der Waals surface area contributed by atoms with Gasteiger partial charge in [0.2, 0.25) is 0 Å². The van der Waals surface area contributed by atoms with E-state index in [0.29, 0.717) is 41.3 Å². The van der Waals surface area contributed by atoms with Crippen LogP contribution in [0.15, 0.2) is 41.8 Å². The molecule has 1 aliphatic carbocycles. The number of aromatic nitrogens is 3. The van der Waals surface area contributed by atoms with Crippen molar-refractivity contribution in [2.45, 2.75) is 16.7 Å². The Morgan fingerprint density at radius 3 is 2.94 bits per heavy atom. The molecule has 0 bridgehead atoms. The van der Waals surface area contributed by atoms with Gasteiger partial charge in [-0.15, -0.1) is 6.42 Å². The molecule has 5 rings (SSSR count). The lowest BCUT2D eigenvalue weighted by molar-refractivity contribution is 0.176. The van der Waals surface area contributed by atoms with Gasteiger partial charge in [0, 0.05) is 30.3 Å². The number of alkyl halides is 1. The number of methoxy groups -OCH3 is 1. The highest BCUT2D eigenvalue weighted by molar-refractivity contribution is 8.15. The molecule has 180 valence electrons. The number of terminal acetylenes is 1. The molecule has 0 saturated heterocycles. The molecule has 3 aromatic rings. The van der Waals surface area contributed by atoms with Crippen LogP contribution in [0.25, 0.3) is 11.0 Å². The number of amidine groups is 1. The first-order valence-electron chi connectivity index (χ1n) is 10.8. The normalized spacial score (nSPS) is 24.9. The minimum absolute atomic E-state index is 0.107. The molecule has 1 saturated carbocycles. The topological polar surface area (TPSA) is 108 Å². The monoisotopic (exact) mass is 496 g/mol. The zero-order chi connectivity index (χ0) is 24.6. The van der Waals surface area contributed by atoms with E-state index < -0.39 is 22.8 Å². The van der Waals surface area contributed by atoms with E-state index in [1.54, 1.807) is 25.3 Å². The Morgan fingerprint density at radius 1 is 1.31 bits per heavy atom. The standard InChI is InChI=1S/C24H22F2N6O2S/c1-3-6-34-15-8-18-20(28-10-15)21(30-13-29-18)31-14-4-5-17(26)16(7-14)24(11-25)19-9-23(19,12-33-2)35-22(27)32-24/h1,4-5,7-8,10,13,19H,6,9,11-12H2,2H3,(H2,27,32)(H,29,30,31)/t19-,23-,24-/m1/s1. The molecule has 1 fully saturated rings. The number of nitrogens with one attached hydrogen (secondary N) is 1. The van der Waals surface area contributed by atoms with E-state index in [-0.39, 0.29) is 23.3 Å². The van der Waals surface area contributed by atoms with Gasteiger partial charge in [0.05, 0.1) is 23.1 Å². The summed E-state index contributed by atoms with van der Waals surface area (Å²) in [6, 6.07) is 6.07. The fraction of sp³-hybridized carbons (Fsp3) is 0.333. The molecule has 2 aliphatic rings. The summed E-state index contributed by atoms with van der Waals surface area (Å²) in [5.41, 5.74) is 6.29. The van der Waals surface area contributed by atoms with Crippen molar-refractivity contribution in [2.75, 3.05) is 32.3 Å². The lowest BCUT2D eigenvalue weighted by Crippen LogP contribution is -2.41. The summed E-state index contributed by atoms with van der Waals surface area (Å²) in [6.45, 7) is -0.398. The first kappa shape index (κ1) is 23.3. The number of aliphatic imine (C=N–C) groups is 1. The number of fused-ring (bicyclic) bond motifs is 2. The van der Waals surface area contributed by atoms with E-state index in [1.165, 1.54) is 30.4 Å². The van der Waals surface area contributed by atoms with Crippen LogP contribution in [0.5, 0.6) is 5.75 Å². The van der Waals surface area contributed by atoms with Crippen molar-refractivity contribution in [1.29, 1.82) is 0 Å². The first-order chi connectivity index (χ1) is 16.9. The number of anilines is 2. The zero-order valence-electron chi connectivity index (χ0n) is 18.8. The molecule has 3 heterocycles. The number of thioether (sulfide) groups is 1. The average molecular weight is 497 g/mol. The Hall–Kier alpha value is -3.49. The maximum absolute atomic E-state index is 15.1. The van der Waals surface area contributed by atoms with Crippen molar-refractivity contribution in [1.82, 2.24) is 15.0 Å². The number of rotatable bonds is 8. The van der Waals surface area contributed by atoms with Gasteiger partial charge >= 0.3 is 0 Å². The molecule has 8 nitrogen and oxygen atoms in total. The van der Waals surface area contributed by atoms with E-state index in [1.807, 2.05) is 0 Å². The number of pyridine rings is 1. The molecular weight excluding hydrogens is 474 g/mol. The minimum Gasteiger partial charge on any atom is -0.479 e. The number of nitrogens with two attached hydrogens (primary N) is 1. The predicted octanol–water partition coefficient (Wildman–Crippen LogP) is 3.55. The Labute approximate surface area is 204 Å². The van der Waals surface area contributed by atoms with Gasteiger partial charge in [-0.2, -0.15) is 0 Å². The van der Waals surface area contributed by atoms with Crippen molar-refractivity contribution >= 4 is 39.5 Å².